The Morgan fingerprint density at radius 1 is 0.912 bits per heavy atom. The van der Waals surface area contributed by atoms with Crippen LogP contribution in [0.5, 0.6) is 5.75 Å². The molecule has 0 aliphatic rings. The topological polar surface area (TPSA) is 103 Å². The van der Waals surface area contributed by atoms with Crippen LogP contribution in [0.25, 0.3) is 0 Å². The van der Waals surface area contributed by atoms with Crippen LogP contribution in [0.1, 0.15) is 18.0 Å². The van der Waals surface area contributed by atoms with Gasteiger partial charge in [-0.25, -0.2) is 0 Å². The summed E-state index contributed by atoms with van der Waals surface area (Å²) >= 11 is 0. The first-order valence-electron chi connectivity index (χ1n) is 11.0. The number of para-hydroxylation sites is 1. The zero-order valence-corrected chi connectivity index (χ0v) is 18.6. The number of amides is 2. The number of hydrogen-bond donors (Lipinski definition) is 2. The molecule has 9 nitrogen and oxygen atoms in total. The summed E-state index contributed by atoms with van der Waals surface area (Å²) in [5.74, 6) is 0.331. The molecule has 0 aliphatic carbocycles. The predicted molar refractivity (Wildman–Crippen MR) is 127 cm³/mol. The SMILES string of the molecule is O=C(CCOc1ccccc1)Nc1cnn(CC(=O)N[C@@H](Cn2cccn2)c2ccccc2)c1. The molecule has 0 radical (unpaired) electrons. The molecule has 9 heteroatoms. The Balaban J connectivity index is 1.27. The third-order valence-electron chi connectivity index (χ3n) is 5.03. The molecule has 2 aromatic carbocycles. The number of benzene rings is 2. The molecule has 0 saturated carbocycles. The van der Waals surface area contributed by atoms with Gasteiger partial charge in [0.2, 0.25) is 11.8 Å². The second-order valence-electron chi connectivity index (χ2n) is 7.65. The minimum absolute atomic E-state index is 0.0232. The Hall–Kier alpha value is -4.40. The monoisotopic (exact) mass is 458 g/mol. The van der Waals surface area contributed by atoms with Gasteiger partial charge in [-0.05, 0) is 23.8 Å². The molecule has 2 heterocycles. The van der Waals surface area contributed by atoms with E-state index in [0.29, 0.717) is 12.2 Å². The lowest BCUT2D eigenvalue weighted by Gasteiger charge is -2.19. The van der Waals surface area contributed by atoms with Crippen molar-refractivity contribution in [1.82, 2.24) is 24.9 Å². The van der Waals surface area contributed by atoms with Crippen LogP contribution in [-0.2, 0) is 22.7 Å². The molecule has 174 valence electrons. The summed E-state index contributed by atoms with van der Waals surface area (Å²) in [4.78, 5) is 24.9. The molecule has 1 atom stereocenters. The van der Waals surface area contributed by atoms with Crippen molar-refractivity contribution in [3.63, 3.8) is 0 Å². The first-order valence-corrected chi connectivity index (χ1v) is 11.0. The van der Waals surface area contributed by atoms with Gasteiger partial charge in [-0.3, -0.25) is 19.0 Å². The van der Waals surface area contributed by atoms with Crippen LogP contribution >= 0.6 is 0 Å². The molecule has 0 aliphatic heterocycles. The van der Waals surface area contributed by atoms with Crippen molar-refractivity contribution in [3.8, 4) is 5.75 Å². The van der Waals surface area contributed by atoms with Crippen LogP contribution in [0.2, 0.25) is 0 Å². The van der Waals surface area contributed by atoms with Gasteiger partial charge in [0.15, 0.2) is 0 Å². The van der Waals surface area contributed by atoms with Crippen LogP contribution < -0.4 is 15.4 Å². The normalized spacial score (nSPS) is 11.5. The highest BCUT2D eigenvalue weighted by Crippen LogP contribution is 2.15. The van der Waals surface area contributed by atoms with E-state index in [1.165, 1.54) is 10.9 Å². The molecule has 0 fully saturated rings. The summed E-state index contributed by atoms with van der Waals surface area (Å²) in [6.07, 6.45) is 6.90. The lowest BCUT2D eigenvalue weighted by atomic mass is 10.1. The number of aromatic nitrogens is 4. The van der Waals surface area contributed by atoms with Gasteiger partial charge >= 0.3 is 0 Å². The van der Waals surface area contributed by atoms with Crippen molar-refractivity contribution in [2.24, 2.45) is 0 Å². The van der Waals surface area contributed by atoms with Crippen LogP contribution in [0, 0.1) is 0 Å². The number of ether oxygens (including phenoxy) is 1. The Labute approximate surface area is 197 Å². The Bertz CT molecular complexity index is 1180. The Morgan fingerprint density at radius 2 is 1.68 bits per heavy atom. The van der Waals surface area contributed by atoms with E-state index in [2.05, 4.69) is 20.8 Å². The van der Waals surface area contributed by atoms with E-state index in [-0.39, 0.29) is 37.4 Å². The van der Waals surface area contributed by atoms with Crippen LogP contribution in [0.4, 0.5) is 5.69 Å². The van der Waals surface area contributed by atoms with Gasteiger partial charge in [0.1, 0.15) is 12.3 Å². The molecular weight excluding hydrogens is 432 g/mol. The van der Waals surface area contributed by atoms with Crippen molar-refractivity contribution in [2.45, 2.75) is 25.6 Å². The molecule has 0 spiro atoms. The van der Waals surface area contributed by atoms with E-state index in [0.717, 1.165) is 11.3 Å². The number of carbonyl (C=O) groups is 2. The van der Waals surface area contributed by atoms with Crippen molar-refractivity contribution in [2.75, 3.05) is 11.9 Å². The van der Waals surface area contributed by atoms with Gasteiger partial charge in [-0.15, -0.1) is 0 Å². The minimum atomic E-state index is -0.243. The lowest BCUT2D eigenvalue weighted by Crippen LogP contribution is -2.34. The number of nitrogens with one attached hydrogen (secondary N) is 2. The molecule has 4 aromatic rings. The van der Waals surface area contributed by atoms with E-state index >= 15 is 0 Å². The van der Waals surface area contributed by atoms with E-state index in [4.69, 9.17) is 4.74 Å². The van der Waals surface area contributed by atoms with Gasteiger partial charge in [0.05, 0.1) is 37.5 Å². The van der Waals surface area contributed by atoms with Gasteiger partial charge < -0.3 is 15.4 Å². The molecule has 0 saturated heterocycles. The summed E-state index contributed by atoms with van der Waals surface area (Å²) in [6.45, 7) is 0.799. The average molecular weight is 459 g/mol. The zero-order valence-electron chi connectivity index (χ0n) is 18.6. The van der Waals surface area contributed by atoms with Gasteiger partial charge in [0.25, 0.3) is 0 Å². The molecule has 2 N–H and O–H groups in total. The third kappa shape index (κ3) is 6.80. The van der Waals surface area contributed by atoms with Crippen molar-refractivity contribution in [1.29, 1.82) is 0 Å². The first kappa shape index (κ1) is 22.8. The molecule has 2 amide bonds. The number of nitrogens with zero attached hydrogens (tertiary/aromatic N) is 4. The summed E-state index contributed by atoms with van der Waals surface area (Å²) in [5.41, 5.74) is 1.51. The minimum Gasteiger partial charge on any atom is -0.493 e. The van der Waals surface area contributed by atoms with E-state index in [9.17, 15) is 9.59 Å². The molecule has 0 unspecified atom stereocenters. The summed E-state index contributed by atoms with van der Waals surface area (Å²) in [7, 11) is 0. The fourth-order valence-corrected chi connectivity index (χ4v) is 3.42. The average Bonchev–Trinajstić information content (AvgIpc) is 3.52. The van der Waals surface area contributed by atoms with Crippen molar-refractivity contribution in [3.05, 3.63) is 97.1 Å². The number of carbonyl (C=O) groups excluding carboxylic acids is 2. The number of rotatable bonds is 11. The molecule has 2 aromatic heterocycles. The Kier molecular flexibility index (Phi) is 7.68. The van der Waals surface area contributed by atoms with Gasteiger partial charge in [-0.1, -0.05) is 48.5 Å². The molecule has 4 rings (SSSR count). The number of anilines is 1. The first-order chi connectivity index (χ1) is 16.7. The van der Waals surface area contributed by atoms with Crippen LogP contribution in [-0.4, -0.2) is 38.0 Å². The van der Waals surface area contributed by atoms with Crippen LogP contribution in [0.15, 0.2) is 91.5 Å². The highest BCUT2D eigenvalue weighted by Gasteiger charge is 2.16. The highest BCUT2D eigenvalue weighted by atomic mass is 16.5. The second-order valence-corrected chi connectivity index (χ2v) is 7.65. The number of hydrogen-bond acceptors (Lipinski definition) is 5. The quantitative estimate of drug-likeness (QED) is 0.360. The Morgan fingerprint density at radius 3 is 2.41 bits per heavy atom. The highest BCUT2D eigenvalue weighted by molar-refractivity contribution is 5.90. The molecule has 34 heavy (non-hydrogen) atoms. The van der Waals surface area contributed by atoms with Gasteiger partial charge in [-0.2, -0.15) is 10.2 Å². The predicted octanol–water partition coefficient (Wildman–Crippen LogP) is 3.04. The summed E-state index contributed by atoms with van der Waals surface area (Å²) < 4.78 is 8.81. The fourth-order valence-electron chi connectivity index (χ4n) is 3.42. The largest absolute Gasteiger partial charge is 0.493 e. The second kappa shape index (κ2) is 11.5. The molecule has 0 bridgehead atoms. The van der Waals surface area contributed by atoms with E-state index in [1.54, 1.807) is 17.1 Å². The summed E-state index contributed by atoms with van der Waals surface area (Å²) in [5, 5.41) is 14.2. The van der Waals surface area contributed by atoms with E-state index in [1.807, 2.05) is 72.9 Å². The van der Waals surface area contributed by atoms with Crippen molar-refractivity contribution >= 4 is 17.5 Å². The summed E-state index contributed by atoms with van der Waals surface area (Å²) in [6, 6.07) is 20.7. The van der Waals surface area contributed by atoms with Gasteiger partial charge in [0, 0.05) is 18.6 Å². The van der Waals surface area contributed by atoms with Crippen LogP contribution in [0.3, 0.4) is 0 Å². The lowest BCUT2D eigenvalue weighted by molar-refractivity contribution is -0.122. The third-order valence-corrected chi connectivity index (χ3v) is 5.03. The maximum absolute atomic E-state index is 12.7. The van der Waals surface area contributed by atoms with E-state index < -0.39 is 0 Å². The van der Waals surface area contributed by atoms with Crippen molar-refractivity contribution < 1.29 is 14.3 Å². The molecular formula is C25H26N6O3. The fraction of sp³-hybridized carbons (Fsp3) is 0.200. The smallest absolute Gasteiger partial charge is 0.242 e. The standard InChI is InChI=1S/C25H26N6O3/c32-24(12-15-34-22-10-5-2-6-11-22)28-21-16-27-31(17-21)19-25(33)29-23(18-30-14-7-13-26-30)20-8-3-1-4-9-20/h1-11,13-14,16-17,23H,12,15,18-19H2,(H,28,32)(H,29,33)/t23-/m0/s1. The maximum atomic E-state index is 12.7. The maximum Gasteiger partial charge on any atom is 0.242 e. The zero-order chi connectivity index (χ0) is 23.6.